The van der Waals surface area contributed by atoms with Crippen LogP contribution in [0.3, 0.4) is 0 Å². The number of ether oxygens (including phenoxy) is 4. The summed E-state index contributed by atoms with van der Waals surface area (Å²) < 4.78 is 21.6. The van der Waals surface area contributed by atoms with Gasteiger partial charge >= 0.3 is 5.97 Å². The zero-order valence-electron chi connectivity index (χ0n) is 9.52. The van der Waals surface area contributed by atoms with E-state index in [1.807, 2.05) is 6.92 Å². The predicted molar refractivity (Wildman–Crippen MR) is 54.5 cm³/mol. The minimum atomic E-state index is -0.858. The highest BCUT2D eigenvalue weighted by molar-refractivity contribution is 5.85. The number of carbonyl (C=O) groups excluding carboxylic acids is 1. The van der Waals surface area contributed by atoms with E-state index in [0.29, 0.717) is 25.4 Å². The molecule has 0 aliphatic carbocycles. The van der Waals surface area contributed by atoms with Crippen LogP contribution in [0.4, 0.5) is 0 Å². The molecule has 2 rings (SSSR count). The second-order valence-electron chi connectivity index (χ2n) is 3.76. The number of rotatable bonds is 4. The fourth-order valence-corrected chi connectivity index (χ4v) is 2.15. The number of carbonyl (C=O) groups is 1. The molecule has 0 aromatic heterocycles. The third-order valence-corrected chi connectivity index (χ3v) is 2.79. The maximum atomic E-state index is 11.2. The molecule has 2 aliphatic rings. The molecule has 0 spiro atoms. The standard InChI is InChI=1S/C11H16O5/c1-3-14-11(5-4-6-15-11)10-8(13-2)7-9(12)16-10/h7,10H,3-6H2,1-2H3. The summed E-state index contributed by atoms with van der Waals surface area (Å²) in [7, 11) is 1.51. The second kappa shape index (κ2) is 4.43. The number of methoxy groups -OCH3 is 1. The Labute approximate surface area is 94.3 Å². The zero-order chi connectivity index (χ0) is 11.6. The van der Waals surface area contributed by atoms with E-state index in [-0.39, 0.29) is 0 Å². The molecule has 2 atom stereocenters. The third kappa shape index (κ3) is 1.81. The molecule has 2 aliphatic heterocycles. The Hall–Kier alpha value is -1.07. The van der Waals surface area contributed by atoms with Crippen LogP contribution in [0, 0.1) is 0 Å². The van der Waals surface area contributed by atoms with Crippen LogP contribution in [-0.2, 0) is 23.7 Å². The highest BCUT2D eigenvalue weighted by Gasteiger charge is 2.51. The molecule has 0 amide bonds. The molecule has 1 saturated heterocycles. The molecule has 5 nitrogen and oxygen atoms in total. The van der Waals surface area contributed by atoms with Gasteiger partial charge in [-0.1, -0.05) is 0 Å². The Morgan fingerprint density at radius 1 is 1.62 bits per heavy atom. The molecule has 16 heavy (non-hydrogen) atoms. The van der Waals surface area contributed by atoms with Crippen LogP contribution in [0.5, 0.6) is 0 Å². The molecule has 0 radical (unpaired) electrons. The number of hydrogen-bond donors (Lipinski definition) is 0. The average molecular weight is 228 g/mol. The Morgan fingerprint density at radius 3 is 3.00 bits per heavy atom. The quantitative estimate of drug-likeness (QED) is 0.671. The Morgan fingerprint density at radius 2 is 2.44 bits per heavy atom. The van der Waals surface area contributed by atoms with Crippen molar-refractivity contribution in [1.82, 2.24) is 0 Å². The summed E-state index contributed by atoms with van der Waals surface area (Å²) in [4.78, 5) is 11.2. The molecule has 1 fully saturated rings. The molecule has 90 valence electrons. The maximum absolute atomic E-state index is 11.2. The van der Waals surface area contributed by atoms with Crippen LogP contribution in [0.25, 0.3) is 0 Å². The van der Waals surface area contributed by atoms with Crippen molar-refractivity contribution in [3.05, 3.63) is 11.8 Å². The monoisotopic (exact) mass is 228 g/mol. The summed E-state index contributed by atoms with van der Waals surface area (Å²) in [6, 6.07) is 0. The van der Waals surface area contributed by atoms with Crippen LogP contribution in [0.1, 0.15) is 19.8 Å². The predicted octanol–water partition coefficient (Wildman–Crippen LogP) is 0.985. The smallest absolute Gasteiger partial charge is 0.335 e. The molecule has 5 heteroatoms. The van der Waals surface area contributed by atoms with Gasteiger partial charge in [0.15, 0.2) is 0 Å². The molecule has 0 aromatic rings. The van der Waals surface area contributed by atoms with Gasteiger partial charge in [0.05, 0.1) is 19.8 Å². The minimum absolute atomic E-state index is 0.406. The normalized spacial score (nSPS) is 33.8. The van der Waals surface area contributed by atoms with Crippen molar-refractivity contribution in [1.29, 1.82) is 0 Å². The SMILES string of the molecule is CCOC1(C2OC(=O)C=C2OC)CCCO1. The first-order valence-corrected chi connectivity index (χ1v) is 5.46. The molecular formula is C11H16O5. The molecule has 0 saturated carbocycles. The van der Waals surface area contributed by atoms with Crippen molar-refractivity contribution in [2.24, 2.45) is 0 Å². The van der Waals surface area contributed by atoms with Gasteiger partial charge in [0.2, 0.25) is 11.9 Å². The summed E-state index contributed by atoms with van der Waals surface area (Å²) in [5.74, 6) is -0.792. The van der Waals surface area contributed by atoms with Crippen molar-refractivity contribution < 1.29 is 23.7 Å². The second-order valence-corrected chi connectivity index (χ2v) is 3.76. The van der Waals surface area contributed by atoms with Crippen LogP contribution in [-0.4, -0.2) is 38.2 Å². The van der Waals surface area contributed by atoms with E-state index >= 15 is 0 Å². The Balaban J connectivity index is 2.21. The van der Waals surface area contributed by atoms with E-state index in [0.717, 1.165) is 6.42 Å². The summed E-state index contributed by atoms with van der Waals surface area (Å²) in [6.45, 7) is 3.01. The van der Waals surface area contributed by atoms with Gasteiger partial charge in [0.25, 0.3) is 0 Å². The van der Waals surface area contributed by atoms with E-state index in [4.69, 9.17) is 18.9 Å². The van der Waals surface area contributed by atoms with Gasteiger partial charge in [-0.15, -0.1) is 0 Å². The lowest BCUT2D eigenvalue weighted by atomic mass is 10.1. The van der Waals surface area contributed by atoms with Gasteiger partial charge < -0.3 is 18.9 Å². The van der Waals surface area contributed by atoms with Crippen molar-refractivity contribution in [3.63, 3.8) is 0 Å². The van der Waals surface area contributed by atoms with Gasteiger partial charge in [0.1, 0.15) is 5.76 Å². The van der Waals surface area contributed by atoms with E-state index in [9.17, 15) is 4.79 Å². The summed E-state index contributed by atoms with van der Waals surface area (Å²) in [5, 5.41) is 0. The van der Waals surface area contributed by atoms with E-state index in [1.54, 1.807) is 0 Å². The Kier molecular flexibility index (Phi) is 3.16. The van der Waals surface area contributed by atoms with E-state index in [1.165, 1.54) is 13.2 Å². The lowest BCUT2D eigenvalue weighted by Crippen LogP contribution is -2.46. The van der Waals surface area contributed by atoms with Gasteiger partial charge in [0, 0.05) is 13.0 Å². The topological polar surface area (TPSA) is 54.0 Å². The number of esters is 1. The minimum Gasteiger partial charge on any atom is -0.497 e. The molecule has 2 heterocycles. The maximum Gasteiger partial charge on any atom is 0.335 e. The van der Waals surface area contributed by atoms with Crippen molar-refractivity contribution >= 4 is 5.97 Å². The molecule has 0 bridgehead atoms. The highest BCUT2D eigenvalue weighted by Crippen LogP contribution is 2.38. The van der Waals surface area contributed by atoms with Crippen molar-refractivity contribution in [2.75, 3.05) is 20.3 Å². The molecule has 0 aromatic carbocycles. The van der Waals surface area contributed by atoms with Gasteiger partial charge in [-0.25, -0.2) is 4.79 Å². The summed E-state index contributed by atoms with van der Waals surface area (Å²) >= 11 is 0. The van der Waals surface area contributed by atoms with Crippen LogP contribution in [0.15, 0.2) is 11.8 Å². The summed E-state index contributed by atoms with van der Waals surface area (Å²) in [6.07, 6.45) is 2.37. The lowest BCUT2D eigenvalue weighted by Gasteiger charge is -2.33. The first kappa shape index (κ1) is 11.4. The van der Waals surface area contributed by atoms with Gasteiger partial charge in [-0.2, -0.15) is 0 Å². The fraction of sp³-hybridized carbons (Fsp3) is 0.727. The first-order valence-electron chi connectivity index (χ1n) is 5.46. The molecule has 2 unspecified atom stereocenters. The molecule has 0 N–H and O–H groups in total. The number of cyclic esters (lactones) is 1. The largest absolute Gasteiger partial charge is 0.497 e. The highest BCUT2D eigenvalue weighted by atomic mass is 16.7. The Bertz CT molecular complexity index is 303. The lowest BCUT2D eigenvalue weighted by molar-refractivity contribution is -0.256. The first-order chi connectivity index (χ1) is 7.72. The van der Waals surface area contributed by atoms with Gasteiger partial charge in [-0.05, 0) is 13.3 Å². The molecular weight excluding hydrogens is 212 g/mol. The van der Waals surface area contributed by atoms with Gasteiger partial charge in [-0.3, -0.25) is 0 Å². The van der Waals surface area contributed by atoms with E-state index < -0.39 is 17.9 Å². The third-order valence-electron chi connectivity index (χ3n) is 2.79. The van der Waals surface area contributed by atoms with Crippen molar-refractivity contribution in [2.45, 2.75) is 31.7 Å². The fourth-order valence-electron chi connectivity index (χ4n) is 2.15. The van der Waals surface area contributed by atoms with Crippen LogP contribution in [0.2, 0.25) is 0 Å². The summed E-state index contributed by atoms with van der Waals surface area (Å²) in [5.41, 5.74) is 0. The van der Waals surface area contributed by atoms with E-state index in [2.05, 4.69) is 0 Å². The van der Waals surface area contributed by atoms with Crippen LogP contribution < -0.4 is 0 Å². The van der Waals surface area contributed by atoms with Crippen molar-refractivity contribution in [3.8, 4) is 0 Å². The van der Waals surface area contributed by atoms with Crippen LogP contribution >= 0.6 is 0 Å². The average Bonchev–Trinajstić information content (AvgIpc) is 2.86. The zero-order valence-corrected chi connectivity index (χ0v) is 9.52. The number of hydrogen-bond acceptors (Lipinski definition) is 5.